The first-order valence-corrected chi connectivity index (χ1v) is 6.50. The van der Waals surface area contributed by atoms with Gasteiger partial charge in [0.15, 0.2) is 0 Å². The van der Waals surface area contributed by atoms with Crippen LogP contribution in [0, 0.1) is 0 Å². The summed E-state index contributed by atoms with van der Waals surface area (Å²) in [7, 11) is 1.70. The van der Waals surface area contributed by atoms with Crippen LogP contribution in [-0.4, -0.2) is 13.7 Å². The summed E-state index contributed by atoms with van der Waals surface area (Å²) in [6.45, 7) is 1.89. The fourth-order valence-corrected chi connectivity index (χ4v) is 2.44. The second-order valence-corrected chi connectivity index (χ2v) is 4.69. The summed E-state index contributed by atoms with van der Waals surface area (Å²) < 4.78 is 5.28. The Balaban J connectivity index is 1.88. The lowest BCUT2D eigenvalue weighted by Crippen LogP contribution is -2.25. The summed E-state index contributed by atoms with van der Waals surface area (Å²) in [6, 6.07) is 16.8. The summed E-state index contributed by atoms with van der Waals surface area (Å²) in [6.07, 6.45) is 4.37. The van der Waals surface area contributed by atoms with Crippen LogP contribution in [-0.2, 0) is 6.54 Å². The third kappa shape index (κ3) is 2.48. The van der Waals surface area contributed by atoms with Crippen LogP contribution in [0.3, 0.4) is 0 Å². The fraction of sp³-hybridized carbons (Fsp3) is 0.176. The SMILES string of the molecule is COc1ccc2c(c1)C=CCN2Cc1ccccc1. The Morgan fingerprint density at radius 1 is 1.11 bits per heavy atom. The zero-order chi connectivity index (χ0) is 13.1. The van der Waals surface area contributed by atoms with E-state index in [1.807, 2.05) is 6.07 Å². The van der Waals surface area contributed by atoms with E-state index in [9.17, 15) is 0 Å². The number of methoxy groups -OCH3 is 1. The van der Waals surface area contributed by atoms with Gasteiger partial charge >= 0.3 is 0 Å². The largest absolute Gasteiger partial charge is 0.497 e. The molecule has 3 rings (SSSR count). The number of benzene rings is 2. The van der Waals surface area contributed by atoms with Crippen LogP contribution in [0.4, 0.5) is 5.69 Å². The molecular formula is C17H17NO. The number of nitrogens with zero attached hydrogens (tertiary/aromatic N) is 1. The van der Waals surface area contributed by atoms with Crippen LogP contribution in [0.1, 0.15) is 11.1 Å². The summed E-state index contributed by atoms with van der Waals surface area (Å²) in [5.41, 5.74) is 3.83. The molecule has 1 aliphatic heterocycles. The van der Waals surface area contributed by atoms with Gasteiger partial charge in [-0.1, -0.05) is 42.5 Å². The molecule has 0 radical (unpaired) electrons. The van der Waals surface area contributed by atoms with Gasteiger partial charge in [-0.25, -0.2) is 0 Å². The average Bonchev–Trinajstić information content (AvgIpc) is 2.48. The van der Waals surface area contributed by atoms with Gasteiger partial charge in [-0.15, -0.1) is 0 Å². The number of hydrogen-bond donors (Lipinski definition) is 0. The van der Waals surface area contributed by atoms with E-state index in [0.29, 0.717) is 0 Å². The zero-order valence-electron chi connectivity index (χ0n) is 11.0. The predicted octanol–water partition coefficient (Wildman–Crippen LogP) is 3.73. The molecule has 2 aromatic carbocycles. The minimum absolute atomic E-state index is 0.907. The molecule has 0 amide bonds. The second-order valence-electron chi connectivity index (χ2n) is 4.69. The Labute approximate surface area is 113 Å². The number of hydrogen-bond acceptors (Lipinski definition) is 2. The summed E-state index contributed by atoms with van der Waals surface area (Å²) >= 11 is 0. The molecule has 0 bridgehead atoms. The molecule has 0 aliphatic carbocycles. The Morgan fingerprint density at radius 3 is 2.74 bits per heavy atom. The van der Waals surface area contributed by atoms with Crippen LogP contribution in [0.25, 0.3) is 6.08 Å². The van der Waals surface area contributed by atoms with Crippen LogP contribution < -0.4 is 9.64 Å². The van der Waals surface area contributed by atoms with Crippen LogP contribution in [0.15, 0.2) is 54.6 Å². The summed E-state index contributed by atoms with van der Waals surface area (Å²) in [5.74, 6) is 0.907. The van der Waals surface area contributed by atoms with Crippen molar-refractivity contribution in [2.45, 2.75) is 6.54 Å². The van der Waals surface area contributed by atoms with E-state index in [0.717, 1.165) is 18.8 Å². The molecular weight excluding hydrogens is 234 g/mol. The van der Waals surface area contributed by atoms with Crippen LogP contribution >= 0.6 is 0 Å². The highest BCUT2D eigenvalue weighted by Crippen LogP contribution is 2.30. The Morgan fingerprint density at radius 2 is 1.95 bits per heavy atom. The van der Waals surface area contributed by atoms with Gasteiger partial charge in [0.2, 0.25) is 0 Å². The second kappa shape index (κ2) is 5.19. The van der Waals surface area contributed by atoms with Crippen molar-refractivity contribution in [2.75, 3.05) is 18.6 Å². The topological polar surface area (TPSA) is 12.5 Å². The van der Waals surface area contributed by atoms with E-state index in [4.69, 9.17) is 4.74 Å². The molecule has 0 N–H and O–H groups in total. The summed E-state index contributed by atoms with van der Waals surface area (Å²) in [4.78, 5) is 2.38. The van der Waals surface area contributed by atoms with Gasteiger partial charge in [-0.3, -0.25) is 0 Å². The van der Waals surface area contributed by atoms with Gasteiger partial charge in [-0.2, -0.15) is 0 Å². The smallest absolute Gasteiger partial charge is 0.119 e. The van der Waals surface area contributed by atoms with Crippen molar-refractivity contribution in [3.05, 3.63) is 65.7 Å². The number of fused-ring (bicyclic) bond motifs is 1. The first-order valence-electron chi connectivity index (χ1n) is 6.50. The molecule has 1 aliphatic rings. The standard InChI is InChI=1S/C17H17NO/c1-19-16-9-10-17-15(12-16)8-5-11-18(17)13-14-6-3-2-4-7-14/h2-10,12H,11,13H2,1H3. The highest BCUT2D eigenvalue weighted by atomic mass is 16.5. The van der Waals surface area contributed by atoms with E-state index in [1.165, 1.54) is 16.8 Å². The predicted molar refractivity (Wildman–Crippen MR) is 79.5 cm³/mol. The van der Waals surface area contributed by atoms with Crippen molar-refractivity contribution in [1.29, 1.82) is 0 Å². The molecule has 0 fully saturated rings. The molecule has 2 aromatic rings. The van der Waals surface area contributed by atoms with Crippen LogP contribution in [0.5, 0.6) is 5.75 Å². The molecule has 19 heavy (non-hydrogen) atoms. The minimum Gasteiger partial charge on any atom is -0.497 e. The molecule has 0 saturated carbocycles. The van der Waals surface area contributed by atoms with Crippen molar-refractivity contribution in [1.82, 2.24) is 0 Å². The molecule has 2 heteroatoms. The van der Waals surface area contributed by atoms with Gasteiger partial charge in [0.1, 0.15) is 5.75 Å². The van der Waals surface area contributed by atoms with Crippen molar-refractivity contribution < 1.29 is 4.74 Å². The van der Waals surface area contributed by atoms with Crippen molar-refractivity contribution in [3.8, 4) is 5.75 Å². The molecule has 1 heterocycles. The van der Waals surface area contributed by atoms with Gasteiger partial charge in [0, 0.05) is 24.3 Å². The normalized spacial score (nSPS) is 13.2. The van der Waals surface area contributed by atoms with Gasteiger partial charge in [0.25, 0.3) is 0 Å². The van der Waals surface area contributed by atoms with E-state index < -0.39 is 0 Å². The van der Waals surface area contributed by atoms with Gasteiger partial charge in [0.05, 0.1) is 7.11 Å². The molecule has 0 spiro atoms. The molecule has 0 unspecified atom stereocenters. The number of ether oxygens (including phenoxy) is 1. The first kappa shape index (κ1) is 11.8. The average molecular weight is 251 g/mol. The fourth-order valence-electron chi connectivity index (χ4n) is 2.44. The van der Waals surface area contributed by atoms with Crippen molar-refractivity contribution in [2.24, 2.45) is 0 Å². The summed E-state index contributed by atoms with van der Waals surface area (Å²) in [5, 5.41) is 0. The van der Waals surface area contributed by atoms with Crippen molar-refractivity contribution >= 4 is 11.8 Å². The van der Waals surface area contributed by atoms with E-state index in [-0.39, 0.29) is 0 Å². The highest BCUT2D eigenvalue weighted by Gasteiger charge is 2.13. The Bertz CT molecular complexity index is 589. The monoisotopic (exact) mass is 251 g/mol. The quantitative estimate of drug-likeness (QED) is 0.824. The third-order valence-electron chi connectivity index (χ3n) is 3.41. The lowest BCUT2D eigenvalue weighted by Gasteiger charge is -2.28. The molecule has 96 valence electrons. The number of anilines is 1. The van der Waals surface area contributed by atoms with Gasteiger partial charge in [-0.05, 0) is 23.8 Å². The third-order valence-corrected chi connectivity index (χ3v) is 3.41. The van der Waals surface area contributed by atoms with Crippen LogP contribution in [0.2, 0.25) is 0 Å². The van der Waals surface area contributed by atoms with E-state index >= 15 is 0 Å². The lowest BCUT2D eigenvalue weighted by molar-refractivity contribution is 0.414. The maximum absolute atomic E-state index is 5.28. The van der Waals surface area contributed by atoms with Crippen molar-refractivity contribution in [3.63, 3.8) is 0 Å². The first-order chi connectivity index (χ1) is 9.36. The maximum Gasteiger partial charge on any atom is 0.119 e. The zero-order valence-corrected chi connectivity index (χ0v) is 11.0. The molecule has 2 nitrogen and oxygen atoms in total. The molecule has 0 aromatic heterocycles. The van der Waals surface area contributed by atoms with E-state index in [1.54, 1.807) is 7.11 Å². The van der Waals surface area contributed by atoms with Gasteiger partial charge < -0.3 is 9.64 Å². The molecule has 0 saturated heterocycles. The molecule has 0 atom stereocenters. The lowest BCUT2D eigenvalue weighted by atomic mass is 10.1. The van der Waals surface area contributed by atoms with E-state index in [2.05, 4.69) is 59.5 Å². The maximum atomic E-state index is 5.28. The number of rotatable bonds is 3. The Kier molecular flexibility index (Phi) is 3.23. The Hall–Kier alpha value is -2.22. The minimum atomic E-state index is 0.907. The highest BCUT2D eigenvalue weighted by molar-refractivity contribution is 5.72.